The zero-order valence-electron chi connectivity index (χ0n) is 14.2. The van der Waals surface area contributed by atoms with Crippen molar-refractivity contribution in [1.29, 1.82) is 0 Å². The third kappa shape index (κ3) is 3.49. The summed E-state index contributed by atoms with van der Waals surface area (Å²) >= 11 is 7.46. The third-order valence-corrected chi connectivity index (χ3v) is 6.23. The molecular formula is C19H19ClN2O3S. The van der Waals surface area contributed by atoms with Crippen LogP contribution in [0.3, 0.4) is 0 Å². The number of morpholine rings is 1. The summed E-state index contributed by atoms with van der Waals surface area (Å²) in [7, 11) is 0. The van der Waals surface area contributed by atoms with Crippen molar-refractivity contribution < 1.29 is 14.3 Å². The number of nitrogens with zero attached hydrogens (tertiary/aromatic N) is 2. The van der Waals surface area contributed by atoms with E-state index in [1.54, 1.807) is 35.6 Å². The van der Waals surface area contributed by atoms with Crippen molar-refractivity contribution in [1.82, 2.24) is 9.80 Å². The molecule has 3 heterocycles. The van der Waals surface area contributed by atoms with E-state index in [2.05, 4.69) is 0 Å². The maximum Gasteiger partial charge on any atom is 0.264 e. The van der Waals surface area contributed by atoms with Crippen LogP contribution in [0.5, 0.6) is 0 Å². The van der Waals surface area contributed by atoms with Crippen LogP contribution < -0.4 is 0 Å². The summed E-state index contributed by atoms with van der Waals surface area (Å²) in [6.45, 7) is 3.69. The third-order valence-electron chi connectivity index (χ3n) is 4.75. The second-order valence-corrected chi connectivity index (χ2v) is 8.02. The van der Waals surface area contributed by atoms with Crippen molar-refractivity contribution in [2.45, 2.75) is 13.0 Å². The van der Waals surface area contributed by atoms with Gasteiger partial charge < -0.3 is 14.5 Å². The van der Waals surface area contributed by atoms with Gasteiger partial charge in [-0.15, -0.1) is 11.3 Å². The molecule has 7 heteroatoms. The minimum Gasteiger partial charge on any atom is -0.378 e. The van der Waals surface area contributed by atoms with Crippen LogP contribution in [0.15, 0.2) is 30.3 Å². The van der Waals surface area contributed by atoms with E-state index in [0.717, 1.165) is 16.9 Å². The van der Waals surface area contributed by atoms with Gasteiger partial charge in [0, 0.05) is 41.6 Å². The largest absolute Gasteiger partial charge is 0.378 e. The summed E-state index contributed by atoms with van der Waals surface area (Å²) < 4.78 is 5.31. The second-order valence-electron chi connectivity index (χ2n) is 6.45. The molecule has 1 aromatic carbocycles. The van der Waals surface area contributed by atoms with Gasteiger partial charge in [-0.3, -0.25) is 9.59 Å². The van der Waals surface area contributed by atoms with Gasteiger partial charge in [0.1, 0.15) is 0 Å². The molecular weight excluding hydrogens is 372 g/mol. The first-order valence-electron chi connectivity index (χ1n) is 8.65. The molecule has 2 aliphatic heterocycles. The molecule has 0 aliphatic carbocycles. The van der Waals surface area contributed by atoms with Crippen LogP contribution in [-0.4, -0.2) is 54.5 Å². The van der Waals surface area contributed by atoms with E-state index in [1.165, 1.54) is 4.88 Å². The number of thiophene rings is 1. The van der Waals surface area contributed by atoms with E-state index in [4.69, 9.17) is 16.3 Å². The lowest BCUT2D eigenvalue weighted by molar-refractivity contribution is 0.0306. The molecule has 26 heavy (non-hydrogen) atoms. The second kappa shape index (κ2) is 7.39. The lowest BCUT2D eigenvalue weighted by Crippen LogP contribution is -2.40. The average Bonchev–Trinajstić information content (AvgIpc) is 3.11. The molecule has 0 saturated carbocycles. The van der Waals surface area contributed by atoms with Gasteiger partial charge in [0.25, 0.3) is 11.8 Å². The van der Waals surface area contributed by atoms with E-state index in [-0.39, 0.29) is 11.8 Å². The molecule has 2 aliphatic rings. The number of benzene rings is 1. The van der Waals surface area contributed by atoms with Crippen molar-refractivity contribution in [3.63, 3.8) is 0 Å². The predicted octanol–water partition coefficient (Wildman–Crippen LogP) is 3.07. The van der Waals surface area contributed by atoms with E-state index in [0.29, 0.717) is 50.0 Å². The van der Waals surface area contributed by atoms with Crippen LogP contribution in [0, 0.1) is 0 Å². The molecule has 0 spiro atoms. The Balaban J connectivity index is 1.48. The number of halogens is 1. The number of rotatable bonds is 2. The molecule has 1 fully saturated rings. The summed E-state index contributed by atoms with van der Waals surface area (Å²) in [5.74, 6) is 0.0721. The number of amides is 2. The van der Waals surface area contributed by atoms with Gasteiger partial charge in [0.15, 0.2) is 0 Å². The summed E-state index contributed by atoms with van der Waals surface area (Å²) in [5, 5.41) is 0.617. The molecule has 5 nitrogen and oxygen atoms in total. The minimum atomic E-state index is -0.000396. The summed E-state index contributed by atoms with van der Waals surface area (Å²) in [4.78, 5) is 31.0. The number of ether oxygens (including phenoxy) is 1. The predicted molar refractivity (Wildman–Crippen MR) is 101 cm³/mol. The summed E-state index contributed by atoms with van der Waals surface area (Å²) in [6.07, 6.45) is 0.787. The molecule has 1 saturated heterocycles. The Kier molecular flexibility index (Phi) is 4.98. The number of fused-ring (bicyclic) bond motifs is 1. The maximum atomic E-state index is 12.7. The van der Waals surface area contributed by atoms with Crippen molar-refractivity contribution in [3.8, 4) is 0 Å². The van der Waals surface area contributed by atoms with Crippen LogP contribution in [0.4, 0.5) is 0 Å². The number of hydrogen-bond donors (Lipinski definition) is 0. The molecule has 0 radical (unpaired) electrons. The van der Waals surface area contributed by atoms with Crippen molar-refractivity contribution in [3.05, 3.63) is 56.2 Å². The highest BCUT2D eigenvalue weighted by Gasteiger charge is 2.27. The minimum absolute atomic E-state index is 0.000396. The molecule has 4 rings (SSSR count). The van der Waals surface area contributed by atoms with Crippen LogP contribution in [0.25, 0.3) is 0 Å². The normalized spacial score (nSPS) is 17.1. The van der Waals surface area contributed by atoms with Gasteiger partial charge in [-0.25, -0.2) is 0 Å². The van der Waals surface area contributed by atoms with E-state index < -0.39 is 0 Å². The fourth-order valence-electron chi connectivity index (χ4n) is 3.31. The van der Waals surface area contributed by atoms with Crippen LogP contribution >= 0.6 is 22.9 Å². The molecule has 0 atom stereocenters. The summed E-state index contributed by atoms with van der Waals surface area (Å²) in [6, 6.07) is 8.92. The SMILES string of the molecule is O=C(c1ccc(Cl)cc1)N1CCc2sc(C(=O)N3CCOCC3)cc2C1. The van der Waals surface area contributed by atoms with Crippen LogP contribution in [0.1, 0.15) is 30.5 Å². The number of carbonyl (C=O) groups is 2. The lowest BCUT2D eigenvalue weighted by Gasteiger charge is -2.27. The zero-order chi connectivity index (χ0) is 18.1. The number of carbonyl (C=O) groups excluding carboxylic acids is 2. The van der Waals surface area contributed by atoms with Gasteiger partial charge in [-0.1, -0.05) is 11.6 Å². The molecule has 0 bridgehead atoms. The van der Waals surface area contributed by atoms with Gasteiger partial charge in [-0.2, -0.15) is 0 Å². The Labute approximate surface area is 161 Å². The first kappa shape index (κ1) is 17.5. The van der Waals surface area contributed by atoms with E-state index in [9.17, 15) is 9.59 Å². The first-order chi connectivity index (χ1) is 12.6. The fourth-order valence-corrected chi connectivity index (χ4v) is 4.57. The number of hydrogen-bond acceptors (Lipinski definition) is 4. The van der Waals surface area contributed by atoms with Crippen LogP contribution in [0.2, 0.25) is 5.02 Å². The van der Waals surface area contributed by atoms with E-state index in [1.807, 2.05) is 15.9 Å². The highest BCUT2D eigenvalue weighted by atomic mass is 35.5. The monoisotopic (exact) mass is 390 g/mol. The van der Waals surface area contributed by atoms with Crippen molar-refractivity contribution in [2.75, 3.05) is 32.8 Å². The molecule has 2 aromatic rings. The quantitative estimate of drug-likeness (QED) is 0.791. The molecule has 1 aromatic heterocycles. The lowest BCUT2D eigenvalue weighted by atomic mass is 10.1. The van der Waals surface area contributed by atoms with Gasteiger partial charge >= 0.3 is 0 Å². The highest BCUT2D eigenvalue weighted by Crippen LogP contribution is 2.30. The average molecular weight is 391 g/mol. The standard InChI is InChI=1S/C19H19ClN2O3S/c20-15-3-1-13(2-4-15)18(23)22-6-5-16-14(12-22)11-17(26-16)19(24)21-7-9-25-10-8-21/h1-4,11H,5-10,12H2. The maximum absolute atomic E-state index is 12.7. The van der Waals surface area contributed by atoms with Gasteiger partial charge in [0.05, 0.1) is 18.1 Å². The fraction of sp³-hybridized carbons (Fsp3) is 0.368. The zero-order valence-corrected chi connectivity index (χ0v) is 15.8. The Morgan fingerprint density at radius 1 is 1.00 bits per heavy atom. The molecule has 0 unspecified atom stereocenters. The topological polar surface area (TPSA) is 49.9 Å². The van der Waals surface area contributed by atoms with Crippen molar-refractivity contribution in [2.24, 2.45) is 0 Å². The smallest absolute Gasteiger partial charge is 0.264 e. The molecule has 0 N–H and O–H groups in total. The van der Waals surface area contributed by atoms with Gasteiger partial charge in [-0.05, 0) is 42.3 Å². The molecule has 136 valence electrons. The Hall–Kier alpha value is -1.89. The van der Waals surface area contributed by atoms with Crippen molar-refractivity contribution >= 4 is 34.8 Å². The Morgan fingerprint density at radius 2 is 1.73 bits per heavy atom. The summed E-state index contributed by atoms with van der Waals surface area (Å²) in [5.41, 5.74) is 1.72. The van der Waals surface area contributed by atoms with Gasteiger partial charge in [0.2, 0.25) is 0 Å². The Morgan fingerprint density at radius 3 is 2.46 bits per heavy atom. The van der Waals surface area contributed by atoms with Crippen LogP contribution in [-0.2, 0) is 17.7 Å². The van der Waals surface area contributed by atoms with E-state index >= 15 is 0 Å². The Bertz CT molecular complexity index is 828. The molecule has 2 amide bonds. The first-order valence-corrected chi connectivity index (χ1v) is 9.85. The highest BCUT2D eigenvalue weighted by molar-refractivity contribution is 7.14.